The highest BCUT2D eigenvalue weighted by molar-refractivity contribution is 9.10. The van der Waals surface area contributed by atoms with Gasteiger partial charge in [-0.3, -0.25) is 24.6 Å². The fourth-order valence-electron chi connectivity index (χ4n) is 4.02. The molecular formula is C28H19BrN2O5S. The van der Waals surface area contributed by atoms with E-state index in [0.29, 0.717) is 16.2 Å². The molecule has 0 unspecified atom stereocenters. The van der Waals surface area contributed by atoms with Gasteiger partial charge < -0.3 is 4.74 Å². The first-order chi connectivity index (χ1) is 17.9. The Balaban J connectivity index is 1.36. The second-order valence-electron chi connectivity index (χ2n) is 8.30. The maximum atomic E-state index is 13.2. The van der Waals surface area contributed by atoms with E-state index in [2.05, 4.69) is 15.9 Å². The van der Waals surface area contributed by atoms with Gasteiger partial charge in [0.2, 0.25) is 0 Å². The number of carbonyl (C=O) groups is 2. The molecule has 0 spiro atoms. The first-order valence-corrected chi connectivity index (χ1v) is 12.9. The Morgan fingerprint density at radius 2 is 1.73 bits per heavy atom. The molecule has 7 nitrogen and oxygen atoms in total. The first-order valence-electron chi connectivity index (χ1n) is 11.3. The van der Waals surface area contributed by atoms with Crippen LogP contribution in [0, 0.1) is 10.1 Å². The fraction of sp³-hybridized carbons (Fsp3) is 0.0714. The lowest BCUT2D eigenvalue weighted by Crippen LogP contribution is -2.27. The number of rotatable bonds is 7. The number of carbonyl (C=O) groups excluding carboxylic acids is 2. The van der Waals surface area contributed by atoms with Gasteiger partial charge in [0.1, 0.15) is 12.4 Å². The van der Waals surface area contributed by atoms with Crippen LogP contribution in [0.25, 0.3) is 16.8 Å². The van der Waals surface area contributed by atoms with Crippen LogP contribution in [0.2, 0.25) is 0 Å². The van der Waals surface area contributed by atoms with Gasteiger partial charge in [0.05, 0.1) is 16.4 Å². The largest absolute Gasteiger partial charge is 0.488 e. The van der Waals surface area contributed by atoms with Crippen molar-refractivity contribution < 1.29 is 19.2 Å². The van der Waals surface area contributed by atoms with Gasteiger partial charge in [0.25, 0.3) is 16.8 Å². The molecule has 0 N–H and O–H groups in total. The molecule has 1 heterocycles. The Kier molecular flexibility index (Phi) is 7.07. The van der Waals surface area contributed by atoms with Gasteiger partial charge in [-0.25, -0.2) is 0 Å². The number of imide groups is 1. The summed E-state index contributed by atoms with van der Waals surface area (Å²) in [7, 11) is 0. The number of nitro groups is 1. The number of thioether (sulfide) groups is 1. The molecule has 5 rings (SSSR count). The molecule has 184 valence electrons. The lowest BCUT2D eigenvalue weighted by Gasteiger charge is -2.14. The molecule has 0 bridgehead atoms. The normalized spacial score (nSPS) is 14.5. The Bertz CT molecular complexity index is 1560. The lowest BCUT2D eigenvalue weighted by atomic mass is 10.0. The maximum Gasteiger partial charge on any atom is 0.293 e. The molecule has 1 aliphatic heterocycles. The van der Waals surface area contributed by atoms with Crippen LogP contribution in [-0.2, 0) is 17.9 Å². The van der Waals surface area contributed by atoms with Gasteiger partial charge in [-0.15, -0.1) is 0 Å². The summed E-state index contributed by atoms with van der Waals surface area (Å²) in [6.45, 7) is 0.369. The summed E-state index contributed by atoms with van der Waals surface area (Å²) in [5, 5.41) is 12.6. The van der Waals surface area contributed by atoms with E-state index < -0.39 is 4.92 Å². The van der Waals surface area contributed by atoms with E-state index in [9.17, 15) is 19.7 Å². The third-order valence-corrected chi connectivity index (χ3v) is 7.28. The van der Waals surface area contributed by atoms with E-state index in [1.807, 2.05) is 54.6 Å². The van der Waals surface area contributed by atoms with E-state index >= 15 is 0 Å². The number of nitro benzene ring substituents is 1. The van der Waals surface area contributed by atoms with E-state index in [1.54, 1.807) is 24.3 Å². The van der Waals surface area contributed by atoms with Gasteiger partial charge in [-0.2, -0.15) is 0 Å². The Labute approximate surface area is 225 Å². The minimum Gasteiger partial charge on any atom is -0.488 e. The smallest absolute Gasteiger partial charge is 0.293 e. The SMILES string of the molecule is O=C1S/C(=C\c2cc(Br)ccc2OCc2ccc([N+](=O)[O-])cc2)C(=O)N1Cc1cccc2ccccc12. The summed E-state index contributed by atoms with van der Waals surface area (Å²) in [6.07, 6.45) is 1.66. The van der Waals surface area contributed by atoms with Crippen LogP contribution in [-0.4, -0.2) is 21.0 Å². The summed E-state index contributed by atoms with van der Waals surface area (Å²) < 4.78 is 6.76. The van der Waals surface area contributed by atoms with Crippen LogP contribution in [0.3, 0.4) is 0 Å². The van der Waals surface area contributed by atoms with Crippen LogP contribution in [0.15, 0.2) is 94.3 Å². The van der Waals surface area contributed by atoms with E-state index in [-0.39, 0.29) is 30.0 Å². The predicted octanol–water partition coefficient (Wildman–Crippen LogP) is 7.33. The molecular weight excluding hydrogens is 556 g/mol. The minimum atomic E-state index is -0.454. The Morgan fingerprint density at radius 3 is 2.51 bits per heavy atom. The van der Waals surface area contributed by atoms with Crippen molar-refractivity contribution in [1.82, 2.24) is 4.90 Å². The quantitative estimate of drug-likeness (QED) is 0.130. The average Bonchev–Trinajstić information content (AvgIpc) is 3.16. The molecule has 0 aromatic heterocycles. The predicted molar refractivity (Wildman–Crippen MR) is 147 cm³/mol. The summed E-state index contributed by atoms with van der Waals surface area (Å²) in [4.78, 5) is 38.0. The highest BCUT2D eigenvalue weighted by Gasteiger charge is 2.35. The first kappa shape index (κ1) is 24.7. The molecule has 1 fully saturated rings. The minimum absolute atomic E-state index is 0.00677. The molecule has 0 saturated carbocycles. The summed E-state index contributed by atoms with van der Waals surface area (Å²) in [5.41, 5.74) is 2.30. The molecule has 0 aliphatic carbocycles. The zero-order valence-corrected chi connectivity index (χ0v) is 21.7. The van der Waals surface area contributed by atoms with Crippen LogP contribution in [0.1, 0.15) is 16.7 Å². The van der Waals surface area contributed by atoms with Crippen molar-refractivity contribution in [2.24, 2.45) is 0 Å². The summed E-state index contributed by atoms with van der Waals surface area (Å²) >= 11 is 4.35. The van der Waals surface area contributed by atoms with Crippen LogP contribution >= 0.6 is 27.7 Å². The summed E-state index contributed by atoms with van der Waals surface area (Å²) in [5.74, 6) is 0.159. The lowest BCUT2D eigenvalue weighted by molar-refractivity contribution is -0.384. The fourth-order valence-corrected chi connectivity index (χ4v) is 5.22. The summed E-state index contributed by atoms with van der Waals surface area (Å²) in [6, 6.07) is 25.2. The van der Waals surface area contributed by atoms with Crippen molar-refractivity contribution >= 4 is 61.4 Å². The van der Waals surface area contributed by atoms with E-state index in [0.717, 1.165) is 38.1 Å². The van der Waals surface area contributed by atoms with E-state index in [1.165, 1.54) is 17.0 Å². The number of nitrogens with zero attached hydrogens (tertiary/aromatic N) is 2. The zero-order valence-electron chi connectivity index (χ0n) is 19.3. The number of hydrogen-bond acceptors (Lipinski definition) is 6. The Morgan fingerprint density at radius 1 is 0.973 bits per heavy atom. The average molecular weight is 575 g/mol. The Hall–Kier alpha value is -3.95. The van der Waals surface area contributed by atoms with Crippen molar-refractivity contribution in [3.8, 4) is 5.75 Å². The number of benzene rings is 4. The number of fused-ring (bicyclic) bond motifs is 1. The topological polar surface area (TPSA) is 89.7 Å². The van der Waals surface area contributed by atoms with Gasteiger partial charge in [-0.05, 0) is 70.1 Å². The number of ether oxygens (including phenoxy) is 1. The van der Waals surface area contributed by atoms with Crippen molar-refractivity contribution in [3.63, 3.8) is 0 Å². The van der Waals surface area contributed by atoms with Crippen LogP contribution < -0.4 is 4.74 Å². The molecule has 4 aromatic rings. The molecule has 0 atom stereocenters. The zero-order chi connectivity index (χ0) is 25.9. The monoisotopic (exact) mass is 574 g/mol. The number of amides is 2. The van der Waals surface area contributed by atoms with Crippen molar-refractivity contribution in [1.29, 1.82) is 0 Å². The maximum absolute atomic E-state index is 13.2. The van der Waals surface area contributed by atoms with Gasteiger partial charge in [0.15, 0.2) is 0 Å². The van der Waals surface area contributed by atoms with Crippen molar-refractivity contribution in [2.75, 3.05) is 0 Å². The van der Waals surface area contributed by atoms with Crippen molar-refractivity contribution in [3.05, 3.63) is 121 Å². The van der Waals surface area contributed by atoms with Crippen molar-refractivity contribution in [2.45, 2.75) is 13.2 Å². The molecule has 1 aliphatic rings. The number of non-ortho nitro benzene ring substituents is 1. The van der Waals surface area contributed by atoms with Gasteiger partial charge >= 0.3 is 0 Å². The van der Waals surface area contributed by atoms with E-state index in [4.69, 9.17) is 4.74 Å². The molecule has 4 aromatic carbocycles. The number of hydrogen-bond donors (Lipinski definition) is 0. The molecule has 1 saturated heterocycles. The highest BCUT2D eigenvalue weighted by atomic mass is 79.9. The molecule has 0 radical (unpaired) electrons. The molecule has 2 amide bonds. The third-order valence-electron chi connectivity index (χ3n) is 5.88. The van der Waals surface area contributed by atoms with Crippen LogP contribution in [0.4, 0.5) is 10.5 Å². The molecule has 9 heteroatoms. The van der Waals surface area contributed by atoms with Gasteiger partial charge in [-0.1, -0.05) is 58.4 Å². The number of halogens is 1. The highest BCUT2D eigenvalue weighted by Crippen LogP contribution is 2.36. The third kappa shape index (κ3) is 5.42. The molecule has 37 heavy (non-hydrogen) atoms. The standard InChI is InChI=1S/C28H19BrN2O5S/c29-22-10-13-25(36-17-18-8-11-23(12-9-18)31(34)35)21(14-22)15-26-27(32)30(28(33)37-26)16-20-6-3-5-19-4-1-2-7-24(19)20/h1-15H,16-17H2/b26-15-. The van der Waals surface area contributed by atoms with Crippen LogP contribution in [0.5, 0.6) is 5.75 Å². The second-order valence-corrected chi connectivity index (χ2v) is 10.2. The van der Waals surface area contributed by atoms with Gasteiger partial charge in [0, 0.05) is 22.2 Å². The second kappa shape index (κ2) is 10.6.